The van der Waals surface area contributed by atoms with Gasteiger partial charge in [-0.15, -0.1) is 0 Å². The molecule has 2 amide bonds. The third-order valence-corrected chi connectivity index (χ3v) is 6.53. The number of urea groups is 1. The van der Waals surface area contributed by atoms with Crippen LogP contribution in [0.1, 0.15) is 51.9 Å². The lowest BCUT2D eigenvalue weighted by atomic mass is 10.2. The van der Waals surface area contributed by atoms with Crippen LogP contribution in [0.4, 0.5) is 10.5 Å². The van der Waals surface area contributed by atoms with E-state index in [9.17, 15) is 13.2 Å². The van der Waals surface area contributed by atoms with Crippen molar-refractivity contribution in [1.29, 1.82) is 0 Å². The lowest BCUT2D eigenvalue weighted by Gasteiger charge is -2.12. The third kappa shape index (κ3) is 4.96. The van der Waals surface area contributed by atoms with Crippen molar-refractivity contribution in [3.8, 4) is 0 Å². The van der Waals surface area contributed by atoms with Crippen molar-refractivity contribution < 1.29 is 13.2 Å². The Morgan fingerprint density at radius 2 is 1.78 bits per heavy atom. The number of amides is 2. The number of hydrogen-bond acceptors (Lipinski definition) is 3. The second kappa shape index (κ2) is 8.34. The number of carbonyl (C=O) groups excluding carboxylic acids is 1. The summed E-state index contributed by atoms with van der Waals surface area (Å²) in [6.45, 7) is 2.76. The topological polar surface area (TPSA) is 75.3 Å². The smallest absolute Gasteiger partial charge is 0.319 e. The van der Waals surface area contributed by atoms with Crippen LogP contribution in [0.15, 0.2) is 29.2 Å². The minimum Gasteiger partial charge on any atom is -0.338 e. The standard InChI is InChI=1S/C17H26N2O3S/c1-2-3-6-13-18-17(20)19-14-9-11-16(12-10-14)23(21,22)15-7-4-5-8-15/h9-12,15H,2-8,13H2,1H3,(H2,18,19,20). The normalized spacial score (nSPS) is 15.5. The second-order valence-corrected chi connectivity index (χ2v) is 8.29. The Bertz CT molecular complexity index is 605. The van der Waals surface area contributed by atoms with Crippen molar-refractivity contribution >= 4 is 21.6 Å². The molecule has 0 atom stereocenters. The predicted molar refractivity (Wildman–Crippen MR) is 92.4 cm³/mol. The van der Waals surface area contributed by atoms with Gasteiger partial charge in [0.25, 0.3) is 0 Å². The van der Waals surface area contributed by atoms with Crippen LogP contribution < -0.4 is 10.6 Å². The first-order valence-electron chi connectivity index (χ1n) is 8.43. The molecule has 1 fully saturated rings. The summed E-state index contributed by atoms with van der Waals surface area (Å²) >= 11 is 0. The van der Waals surface area contributed by atoms with E-state index >= 15 is 0 Å². The first-order chi connectivity index (χ1) is 11.0. The van der Waals surface area contributed by atoms with Gasteiger partial charge in [-0.25, -0.2) is 13.2 Å². The van der Waals surface area contributed by atoms with Crippen LogP contribution in [0, 0.1) is 0 Å². The molecule has 23 heavy (non-hydrogen) atoms. The molecule has 0 radical (unpaired) electrons. The number of hydrogen-bond donors (Lipinski definition) is 2. The van der Waals surface area contributed by atoms with Crippen molar-refractivity contribution in [3.05, 3.63) is 24.3 Å². The monoisotopic (exact) mass is 338 g/mol. The minimum absolute atomic E-state index is 0.247. The maximum absolute atomic E-state index is 12.5. The average molecular weight is 338 g/mol. The fourth-order valence-electron chi connectivity index (χ4n) is 2.87. The van der Waals surface area contributed by atoms with Crippen molar-refractivity contribution in [2.45, 2.75) is 62.0 Å². The maximum Gasteiger partial charge on any atom is 0.319 e. The minimum atomic E-state index is -3.23. The van der Waals surface area contributed by atoms with E-state index in [2.05, 4.69) is 17.6 Å². The highest BCUT2D eigenvalue weighted by Crippen LogP contribution is 2.29. The van der Waals surface area contributed by atoms with E-state index in [4.69, 9.17) is 0 Å². The summed E-state index contributed by atoms with van der Waals surface area (Å²) in [6, 6.07) is 6.20. The Hall–Kier alpha value is -1.56. The van der Waals surface area contributed by atoms with Crippen molar-refractivity contribution in [2.75, 3.05) is 11.9 Å². The van der Waals surface area contributed by atoms with Crippen LogP contribution in [0.2, 0.25) is 0 Å². The fraction of sp³-hybridized carbons (Fsp3) is 0.588. The molecule has 0 aliphatic heterocycles. The van der Waals surface area contributed by atoms with Gasteiger partial charge in [0.1, 0.15) is 0 Å². The SMILES string of the molecule is CCCCCNC(=O)Nc1ccc(S(=O)(=O)C2CCCC2)cc1. The number of unbranched alkanes of at least 4 members (excludes halogenated alkanes) is 2. The van der Waals surface area contributed by atoms with E-state index in [1.165, 1.54) is 0 Å². The number of benzene rings is 1. The summed E-state index contributed by atoms with van der Waals surface area (Å²) in [6.07, 6.45) is 6.64. The van der Waals surface area contributed by atoms with Crippen molar-refractivity contribution in [2.24, 2.45) is 0 Å². The molecule has 0 aromatic heterocycles. The molecule has 0 heterocycles. The predicted octanol–water partition coefficient (Wildman–Crippen LogP) is 3.71. The largest absolute Gasteiger partial charge is 0.338 e. The Morgan fingerprint density at radius 3 is 2.39 bits per heavy atom. The van der Waals surface area contributed by atoms with Gasteiger partial charge in [-0.3, -0.25) is 0 Å². The molecule has 128 valence electrons. The molecule has 2 rings (SSSR count). The van der Waals surface area contributed by atoms with Crippen molar-refractivity contribution in [3.63, 3.8) is 0 Å². The molecule has 0 spiro atoms. The third-order valence-electron chi connectivity index (χ3n) is 4.25. The van der Waals surface area contributed by atoms with Gasteiger partial charge < -0.3 is 10.6 Å². The van der Waals surface area contributed by atoms with Gasteiger partial charge in [-0.2, -0.15) is 0 Å². The van der Waals surface area contributed by atoms with E-state index in [0.29, 0.717) is 17.1 Å². The molecule has 5 nitrogen and oxygen atoms in total. The second-order valence-electron chi connectivity index (χ2n) is 6.06. The Kier molecular flexibility index (Phi) is 6.45. The van der Waals surface area contributed by atoms with E-state index in [1.54, 1.807) is 24.3 Å². The molecule has 0 saturated heterocycles. The molecule has 1 aliphatic carbocycles. The van der Waals surface area contributed by atoms with E-state index < -0.39 is 9.84 Å². The van der Waals surface area contributed by atoms with E-state index in [1.807, 2.05) is 0 Å². The molecule has 0 unspecified atom stereocenters. The fourth-order valence-corrected chi connectivity index (χ4v) is 4.73. The van der Waals surface area contributed by atoms with Gasteiger partial charge in [0, 0.05) is 12.2 Å². The molecular weight excluding hydrogens is 312 g/mol. The summed E-state index contributed by atoms with van der Waals surface area (Å²) in [5.74, 6) is 0. The van der Waals surface area contributed by atoms with Crippen LogP contribution >= 0.6 is 0 Å². The molecule has 1 aliphatic rings. The van der Waals surface area contributed by atoms with Gasteiger partial charge >= 0.3 is 6.03 Å². The van der Waals surface area contributed by atoms with Gasteiger partial charge in [-0.05, 0) is 43.5 Å². The number of anilines is 1. The highest BCUT2D eigenvalue weighted by Gasteiger charge is 2.30. The summed E-state index contributed by atoms with van der Waals surface area (Å²) in [7, 11) is -3.23. The molecule has 2 N–H and O–H groups in total. The Morgan fingerprint density at radius 1 is 1.13 bits per heavy atom. The zero-order chi connectivity index (χ0) is 16.7. The van der Waals surface area contributed by atoms with E-state index in [-0.39, 0.29) is 11.3 Å². The lowest BCUT2D eigenvalue weighted by molar-refractivity contribution is 0.252. The van der Waals surface area contributed by atoms with Crippen molar-refractivity contribution in [1.82, 2.24) is 5.32 Å². The maximum atomic E-state index is 12.5. The molecule has 1 aromatic carbocycles. The average Bonchev–Trinajstić information content (AvgIpc) is 3.07. The van der Waals surface area contributed by atoms with Gasteiger partial charge in [-0.1, -0.05) is 32.6 Å². The Balaban J connectivity index is 1.90. The number of rotatable bonds is 7. The number of nitrogens with one attached hydrogen (secondary N) is 2. The Labute approximate surface area is 138 Å². The number of carbonyl (C=O) groups is 1. The van der Waals surface area contributed by atoms with Crippen LogP contribution in [-0.4, -0.2) is 26.2 Å². The van der Waals surface area contributed by atoms with Gasteiger partial charge in [0.05, 0.1) is 10.1 Å². The highest BCUT2D eigenvalue weighted by atomic mass is 32.2. The number of sulfone groups is 1. The first kappa shape index (κ1) is 17.8. The lowest BCUT2D eigenvalue weighted by Crippen LogP contribution is -2.29. The van der Waals surface area contributed by atoms with Gasteiger partial charge in [0.15, 0.2) is 9.84 Å². The van der Waals surface area contributed by atoms with Crippen LogP contribution in [0.25, 0.3) is 0 Å². The highest BCUT2D eigenvalue weighted by molar-refractivity contribution is 7.92. The van der Waals surface area contributed by atoms with Gasteiger partial charge in [0.2, 0.25) is 0 Å². The van der Waals surface area contributed by atoms with Crippen LogP contribution in [-0.2, 0) is 9.84 Å². The summed E-state index contributed by atoms with van der Waals surface area (Å²) < 4.78 is 24.9. The zero-order valence-electron chi connectivity index (χ0n) is 13.7. The first-order valence-corrected chi connectivity index (χ1v) is 9.97. The molecule has 0 bridgehead atoms. The molecule has 1 saturated carbocycles. The zero-order valence-corrected chi connectivity index (χ0v) is 14.5. The molecule has 1 aromatic rings. The summed E-state index contributed by atoms with van der Waals surface area (Å²) in [5.41, 5.74) is 0.600. The summed E-state index contributed by atoms with van der Waals surface area (Å²) in [4.78, 5) is 12.1. The van der Waals surface area contributed by atoms with E-state index in [0.717, 1.165) is 44.9 Å². The van der Waals surface area contributed by atoms with Crippen LogP contribution in [0.3, 0.4) is 0 Å². The molecular formula is C17H26N2O3S. The quantitative estimate of drug-likeness (QED) is 0.744. The van der Waals surface area contributed by atoms with Crippen LogP contribution in [0.5, 0.6) is 0 Å². The molecule has 6 heteroatoms. The summed E-state index contributed by atoms with van der Waals surface area (Å²) in [5, 5.41) is 5.26.